The number of halogens is 2. The average molecular weight is 312 g/mol. The number of Topliss-reactive ketones (excluding diaryl/α,β-unsaturated/α-hetero) is 1. The molecule has 0 bridgehead atoms. The molecule has 2 rings (SSSR count). The lowest BCUT2D eigenvalue weighted by atomic mass is 9.93. The molecule has 0 saturated carbocycles. The zero-order valence-electron chi connectivity index (χ0n) is 11.5. The molecule has 1 aromatic heterocycles. The lowest BCUT2D eigenvalue weighted by Crippen LogP contribution is -2.12. The smallest absolute Gasteiger partial charge is 0.174 e. The van der Waals surface area contributed by atoms with Crippen molar-refractivity contribution in [2.75, 3.05) is 0 Å². The number of aromatic nitrogens is 1. The Morgan fingerprint density at radius 2 is 2.10 bits per heavy atom. The first kappa shape index (κ1) is 15.1. The lowest BCUT2D eigenvalue weighted by Gasteiger charge is -2.14. The number of benzene rings is 1. The summed E-state index contributed by atoms with van der Waals surface area (Å²) in [6.07, 6.45) is 0.0708. The van der Waals surface area contributed by atoms with Gasteiger partial charge in [-0.15, -0.1) is 11.3 Å². The topological polar surface area (TPSA) is 30.0 Å². The highest BCUT2D eigenvalue weighted by molar-refractivity contribution is 7.09. The van der Waals surface area contributed by atoms with Crippen molar-refractivity contribution in [1.82, 2.24) is 4.98 Å². The van der Waals surface area contributed by atoms with Gasteiger partial charge in [0.05, 0.1) is 22.7 Å². The number of hydrogen-bond acceptors (Lipinski definition) is 3. The molecule has 5 heteroatoms. The molecule has 0 aliphatic heterocycles. The quantitative estimate of drug-likeness (QED) is 0.772. The van der Waals surface area contributed by atoms with Crippen LogP contribution in [-0.4, -0.2) is 10.8 Å². The molecular formula is C15H15ClFNOS. The number of carbonyl (C=O) groups excluding carboxylic acids is 1. The molecule has 2 nitrogen and oxygen atoms in total. The number of thiazole rings is 1. The highest BCUT2D eigenvalue weighted by atomic mass is 35.5. The van der Waals surface area contributed by atoms with Crippen LogP contribution in [0.15, 0.2) is 23.6 Å². The van der Waals surface area contributed by atoms with Crippen LogP contribution >= 0.6 is 22.9 Å². The Balaban J connectivity index is 2.22. The van der Waals surface area contributed by atoms with E-state index in [1.165, 1.54) is 29.5 Å². The van der Waals surface area contributed by atoms with Crippen LogP contribution in [0.1, 0.15) is 41.8 Å². The molecule has 0 unspecified atom stereocenters. The minimum absolute atomic E-state index is 0.0540. The predicted molar refractivity (Wildman–Crippen MR) is 80.3 cm³/mol. The number of rotatable bonds is 3. The molecule has 1 heterocycles. The molecule has 0 atom stereocenters. The van der Waals surface area contributed by atoms with Crippen LogP contribution in [-0.2, 0) is 11.8 Å². The summed E-state index contributed by atoms with van der Waals surface area (Å²) in [7, 11) is 0. The minimum atomic E-state index is -0.588. The van der Waals surface area contributed by atoms with Crippen molar-refractivity contribution in [1.29, 1.82) is 0 Å². The van der Waals surface area contributed by atoms with Crippen molar-refractivity contribution in [2.45, 2.75) is 32.6 Å². The van der Waals surface area contributed by atoms with E-state index in [0.717, 1.165) is 5.69 Å². The summed E-state index contributed by atoms with van der Waals surface area (Å²) in [5.41, 5.74) is 0.819. The Morgan fingerprint density at radius 1 is 1.40 bits per heavy atom. The molecule has 0 fully saturated rings. The molecule has 0 aliphatic rings. The maximum Gasteiger partial charge on any atom is 0.174 e. The number of nitrogens with zero attached hydrogens (tertiary/aromatic N) is 1. The Hall–Kier alpha value is -1.26. The van der Waals surface area contributed by atoms with E-state index in [1.807, 2.05) is 5.38 Å². The van der Waals surface area contributed by atoms with E-state index in [1.54, 1.807) is 0 Å². The molecular weight excluding hydrogens is 297 g/mol. The van der Waals surface area contributed by atoms with Crippen molar-refractivity contribution >= 4 is 28.7 Å². The van der Waals surface area contributed by atoms with Gasteiger partial charge in [-0.2, -0.15) is 0 Å². The number of carbonyl (C=O) groups is 1. The van der Waals surface area contributed by atoms with Crippen molar-refractivity contribution < 1.29 is 9.18 Å². The Labute approximate surface area is 126 Å². The largest absolute Gasteiger partial charge is 0.294 e. The zero-order chi connectivity index (χ0) is 14.9. The fraction of sp³-hybridized carbons (Fsp3) is 0.333. The van der Waals surface area contributed by atoms with Gasteiger partial charge in [0.15, 0.2) is 5.78 Å². The minimum Gasteiger partial charge on any atom is -0.294 e. The fourth-order valence-electron chi connectivity index (χ4n) is 1.73. The second-order valence-electron chi connectivity index (χ2n) is 5.57. The second kappa shape index (κ2) is 5.62. The summed E-state index contributed by atoms with van der Waals surface area (Å²) in [5, 5.41) is 2.76. The van der Waals surface area contributed by atoms with Crippen molar-refractivity contribution in [3.8, 4) is 0 Å². The molecule has 0 spiro atoms. The first-order chi connectivity index (χ1) is 9.29. The molecule has 0 N–H and O–H groups in total. The summed E-state index contributed by atoms with van der Waals surface area (Å²) in [5.74, 6) is -0.932. The van der Waals surface area contributed by atoms with Crippen molar-refractivity contribution in [3.05, 3.63) is 50.7 Å². The van der Waals surface area contributed by atoms with Gasteiger partial charge in [0.2, 0.25) is 0 Å². The van der Waals surface area contributed by atoms with E-state index in [4.69, 9.17) is 11.6 Å². The summed E-state index contributed by atoms with van der Waals surface area (Å²) < 4.78 is 13.7. The van der Waals surface area contributed by atoms with Gasteiger partial charge in [-0.25, -0.2) is 9.37 Å². The van der Waals surface area contributed by atoms with Crippen LogP contribution in [0.5, 0.6) is 0 Å². The van der Waals surface area contributed by atoms with E-state index in [9.17, 15) is 9.18 Å². The van der Waals surface area contributed by atoms with E-state index >= 15 is 0 Å². The van der Waals surface area contributed by atoms with Crippen LogP contribution in [0, 0.1) is 5.82 Å². The van der Waals surface area contributed by atoms with Crippen LogP contribution < -0.4 is 0 Å². The third-order valence-corrected chi connectivity index (χ3v) is 4.04. The summed E-state index contributed by atoms with van der Waals surface area (Å²) >= 11 is 7.30. The first-order valence-corrected chi connectivity index (χ1v) is 7.47. The Morgan fingerprint density at radius 3 is 2.65 bits per heavy atom. The van der Waals surface area contributed by atoms with Gasteiger partial charge >= 0.3 is 0 Å². The van der Waals surface area contributed by atoms with Gasteiger partial charge in [-0.1, -0.05) is 38.4 Å². The van der Waals surface area contributed by atoms with Gasteiger partial charge in [-0.3, -0.25) is 4.79 Å². The fourth-order valence-corrected chi connectivity index (χ4v) is 3.01. The van der Waals surface area contributed by atoms with E-state index < -0.39 is 5.82 Å². The molecule has 0 saturated heterocycles. The molecule has 2 aromatic rings. The lowest BCUT2D eigenvalue weighted by molar-refractivity contribution is 0.0989. The standard InChI is InChI=1S/C15H15ClFNOS/c1-15(2,3)12-8-20-13(18-12)7-11(19)14-9(16)5-4-6-10(14)17/h4-6,8H,7H2,1-3H3. The first-order valence-electron chi connectivity index (χ1n) is 6.21. The highest BCUT2D eigenvalue weighted by Crippen LogP contribution is 2.26. The molecule has 106 valence electrons. The number of hydrogen-bond donors (Lipinski definition) is 0. The molecule has 1 aromatic carbocycles. The van der Waals surface area contributed by atoms with Crippen LogP contribution in [0.2, 0.25) is 5.02 Å². The van der Waals surface area contributed by atoms with E-state index in [-0.39, 0.29) is 28.2 Å². The maximum absolute atomic E-state index is 13.7. The SMILES string of the molecule is CC(C)(C)c1csc(CC(=O)c2c(F)cccc2Cl)n1. The highest BCUT2D eigenvalue weighted by Gasteiger charge is 2.21. The maximum atomic E-state index is 13.7. The monoisotopic (exact) mass is 311 g/mol. The summed E-state index contributed by atoms with van der Waals surface area (Å²) in [6, 6.07) is 4.23. The van der Waals surface area contributed by atoms with Crippen LogP contribution in [0.4, 0.5) is 4.39 Å². The van der Waals surface area contributed by atoms with Crippen LogP contribution in [0.3, 0.4) is 0 Å². The van der Waals surface area contributed by atoms with Crippen LogP contribution in [0.25, 0.3) is 0 Å². The van der Waals surface area contributed by atoms with Gasteiger partial charge in [0.1, 0.15) is 10.8 Å². The average Bonchev–Trinajstić information content (AvgIpc) is 2.76. The zero-order valence-corrected chi connectivity index (χ0v) is 13.1. The molecule has 20 heavy (non-hydrogen) atoms. The second-order valence-corrected chi connectivity index (χ2v) is 6.92. The Bertz CT molecular complexity index is 625. The van der Waals surface area contributed by atoms with Crippen molar-refractivity contribution in [2.24, 2.45) is 0 Å². The molecule has 0 radical (unpaired) electrons. The third-order valence-electron chi connectivity index (χ3n) is 2.87. The van der Waals surface area contributed by atoms with Gasteiger partial charge < -0.3 is 0 Å². The molecule has 0 aliphatic carbocycles. The van der Waals surface area contributed by atoms with Gasteiger partial charge in [0, 0.05) is 10.8 Å². The summed E-state index contributed by atoms with van der Waals surface area (Å²) in [6.45, 7) is 6.17. The third kappa shape index (κ3) is 3.25. The predicted octanol–water partition coefficient (Wildman–Crippen LogP) is 4.66. The van der Waals surface area contributed by atoms with Crippen molar-refractivity contribution in [3.63, 3.8) is 0 Å². The Kier molecular flexibility index (Phi) is 4.25. The number of ketones is 1. The summed E-state index contributed by atoms with van der Waals surface area (Å²) in [4.78, 5) is 16.6. The molecule has 0 amide bonds. The van der Waals surface area contributed by atoms with E-state index in [0.29, 0.717) is 5.01 Å². The van der Waals surface area contributed by atoms with Gasteiger partial charge in [0.25, 0.3) is 0 Å². The normalized spacial score (nSPS) is 11.7. The van der Waals surface area contributed by atoms with E-state index in [2.05, 4.69) is 25.8 Å². The van der Waals surface area contributed by atoms with Gasteiger partial charge in [-0.05, 0) is 12.1 Å².